The number of thioether (sulfide) groups is 1. The van der Waals surface area contributed by atoms with Crippen LogP contribution in [0.25, 0.3) is 0 Å². The highest BCUT2D eigenvalue weighted by Crippen LogP contribution is 2.19. The van der Waals surface area contributed by atoms with E-state index in [1.807, 2.05) is 45.0 Å². The molecule has 0 radical (unpaired) electrons. The molecule has 0 spiro atoms. The van der Waals surface area contributed by atoms with Gasteiger partial charge in [0.15, 0.2) is 6.61 Å². The highest BCUT2D eigenvalue weighted by atomic mass is 32.2. The van der Waals surface area contributed by atoms with Crippen LogP contribution in [0, 0.1) is 6.92 Å². The number of nitrogens with zero attached hydrogens (tertiary/aromatic N) is 3. The quantitative estimate of drug-likeness (QED) is 0.503. The molecule has 0 unspecified atom stereocenters. The predicted octanol–water partition coefficient (Wildman–Crippen LogP) is 3.47. The number of carbonyl (C=O) groups is 1. The van der Waals surface area contributed by atoms with E-state index in [0.717, 1.165) is 16.9 Å². The zero-order chi connectivity index (χ0) is 18.2. The van der Waals surface area contributed by atoms with Crippen molar-refractivity contribution in [3.05, 3.63) is 47.9 Å². The first-order valence-corrected chi connectivity index (χ1v) is 9.03. The van der Waals surface area contributed by atoms with E-state index >= 15 is 0 Å². The molecule has 0 aliphatic carbocycles. The number of likely N-dealkylation sites (N-methyl/N-ethyl adjacent to an activating group) is 1. The zero-order valence-corrected chi connectivity index (χ0v) is 15.6. The van der Waals surface area contributed by atoms with E-state index < -0.39 is 0 Å². The van der Waals surface area contributed by atoms with Crippen LogP contribution < -0.4 is 4.74 Å². The molecule has 2 rings (SSSR count). The molecule has 0 aliphatic heterocycles. The fraction of sp³-hybridized carbons (Fsp3) is 0.389. The van der Waals surface area contributed by atoms with Crippen molar-refractivity contribution >= 4 is 17.7 Å². The van der Waals surface area contributed by atoms with Crippen LogP contribution in [0.15, 0.2) is 46.1 Å². The van der Waals surface area contributed by atoms with E-state index in [-0.39, 0.29) is 18.3 Å². The molecule has 0 atom stereocenters. The minimum Gasteiger partial charge on any atom is -0.484 e. The Kier molecular flexibility index (Phi) is 7.06. The third kappa shape index (κ3) is 6.26. The number of aryl methyl sites for hydroxylation is 1. The first kappa shape index (κ1) is 19.1. The summed E-state index contributed by atoms with van der Waals surface area (Å²) in [4.78, 5) is 13.9. The summed E-state index contributed by atoms with van der Waals surface area (Å²) in [6.07, 6.45) is 0. The zero-order valence-electron chi connectivity index (χ0n) is 14.8. The maximum absolute atomic E-state index is 12.2. The third-order valence-corrected chi connectivity index (χ3v) is 4.12. The molecule has 0 saturated carbocycles. The van der Waals surface area contributed by atoms with Crippen LogP contribution in [0.2, 0.25) is 0 Å². The van der Waals surface area contributed by atoms with Gasteiger partial charge >= 0.3 is 0 Å². The monoisotopic (exact) mass is 361 g/mol. The number of hydrogen-bond acceptors (Lipinski definition) is 6. The van der Waals surface area contributed by atoms with Crippen LogP contribution in [-0.4, -0.2) is 39.8 Å². The summed E-state index contributed by atoms with van der Waals surface area (Å²) in [5.41, 5.74) is 2.07. The molecule has 1 aromatic carbocycles. The molecule has 25 heavy (non-hydrogen) atoms. The highest BCUT2D eigenvalue weighted by Gasteiger charge is 2.15. The van der Waals surface area contributed by atoms with E-state index in [1.165, 1.54) is 11.8 Å². The Morgan fingerprint density at radius 2 is 2.20 bits per heavy atom. The fourth-order valence-electron chi connectivity index (χ4n) is 2.12. The van der Waals surface area contributed by atoms with E-state index in [2.05, 4.69) is 16.8 Å². The Hall–Kier alpha value is -2.28. The standard InChI is InChI=1S/C18H23N3O3S/c1-5-21(10-13(2)3)17(22)12-25-18-20-19-16(24-18)11-23-15-8-6-7-14(4)9-15/h6-9H,2,5,10-12H2,1,3-4H3. The lowest BCUT2D eigenvalue weighted by molar-refractivity contribution is -0.127. The molecular formula is C18H23N3O3S. The van der Waals surface area contributed by atoms with Gasteiger partial charge in [0, 0.05) is 13.1 Å². The van der Waals surface area contributed by atoms with Gasteiger partial charge in [-0.3, -0.25) is 4.79 Å². The minimum atomic E-state index is 0.0197. The van der Waals surface area contributed by atoms with Gasteiger partial charge in [0.2, 0.25) is 5.91 Å². The largest absolute Gasteiger partial charge is 0.484 e. The summed E-state index contributed by atoms with van der Waals surface area (Å²) in [7, 11) is 0. The number of aromatic nitrogens is 2. The summed E-state index contributed by atoms with van der Waals surface area (Å²) in [6.45, 7) is 11.1. The highest BCUT2D eigenvalue weighted by molar-refractivity contribution is 7.99. The van der Waals surface area contributed by atoms with E-state index in [0.29, 0.717) is 24.2 Å². The van der Waals surface area contributed by atoms with Gasteiger partial charge in [0.05, 0.1) is 5.75 Å². The molecule has 0 saturated heterocycles. The van der Waals surface area contributed by atoms with Crippen LogP contribution in [0.5, 0.6) is 5.75 Å². The van der Waals surface area contributed by atoms with Gasteiger partial charge in [-0.2, -0.15) is 0 Å². The number of carbonyl (C=O) groups excluding carboxylic acids is 1. The average Bonchev–Trinajstić information content (AvgIpc) is 3.03. The Bertz CT molecular complexity index is 730. The Balaban J connectivity index is 1.82. The summed E-state index contributed by atoms with van der Waals surface area (Å²) in [5.74, 6) is 1.40. The second-order valence-corrected chi connectivity index (χ2v) is 6.65. The van der Waals surface area contributed by atoms with Gasteiger partial charge in [-0.1, -0.05) is 36.0 Å². The first-order chi connectivity index (χ1) is 12.0. The Labute approximate surface area is 152 Å². The van der Waals surface area contributed by atoms with Gasteiger partial charge in [0.25, 0.3) is 11.1 Å². The number of ether oxygens (including phenoxy) is 1. The van der Waals surface area contributed by atoms with Crippen molar-refractivity contribution in [3.8, 4) is 5.75 Å². The molecule has 1 aromatic heterocycles. The smallest absolute Gasteiger partial charge is 0.277 e. The van der Waals surface area contributed by atoms with E-state index in [9.17, 15) is 4.79 Å². The number of benzene rings is 1. The normalized spacial score (nSPS) is 10.5. The van der Waals surface area contributed by atoms with E-state index in [4.69, 9.17) is 9.15 Å². The third-order valence-electron chi connectivity index (χ3n) is 3.31. The van der Waals surface area contributed by atoms with Crippen LogP contribution >= 0.6 is 11.8 Å². The van der Waals surface area contributed by atoms with Crippen LogP contribution in [-0.2, 0) is 11.4 Å². The maximum Gasteiger partial charge on any atom is 0.277 e. The summed E-state index contributed by atoms with van der Waals surface area (Å²) < 4.78 is 11.1. The number of amides is 1. The Morgan fingerprint density at radius 3 is 2.88 bits per heavy atom. The first-order valence-electron chi connectivity index (χ1n) is 8.04. The van der Waals surface area contributed by atoms with Gasteiger partial charge in [-0.05, 0) is 38.5 Å². The molecule has 0 fully saturated rings. The second-order valence-electron chi connectivity index (χ2n) is 5.72. The summed E-state index contributed by atoms with van der Waals surface area (Å²) in [6, 6.07) is 7.73. The van der Waals surface area contributed by atoms with Gasteiger partial charge in [-0.25, -0.2) is 0 Å². The van der Waals surface area contributed by atoms with Crippen molar-refractivity contribution in [3.63, 3.8) is 0 Å². The molecule has 0 aliphatic rings. The number of rotatable bonds is 9. The molecule has 1 heterocycles. The van der Waals surface area contributed by atoms with Crippen molar-refractivity contribution in [2.24, 2.45) is 0 Å². The molecule has 6 nitrogen and oxygen atoms in total. The molecule has 0 N–H and O–H groups in total. The van der Waals surface area contributed by atoms with Crippen LogP contribution in [0.3, 0.4) is 0 Å². The van der Waals surface area contributed by atoms with Gasteiger partial charge in [-0.15, -0.1) is 10.2 Å². The average molecular weight is 361 g/mol. The lowest BCUT2D eigenvalue weighted by atomic mass is 10.2. The van der Waals surface area contributed by atoms with E-state index in [1.54, 1.807) is 4.90 Å². The van der Waals surface area contributed by atoms with Crippen molar-refractivity contribution in [1.29, 1.82) is 0 Å². The SMILES string of the molecule is C=C(C)CN(CC)C(=O)CSc1nnc(COc2cccc(C)c2)o1. The fourth-order valence-corrected chi connectivity index (χ4v) is 2.81. The molecule has 2 aromatic rings. The second kappa shape index (κ2) is 9.27. The van der Waals surface area contributed by atoms with Gasteiger partial charge < -0.3 is 14.1 Å². The van der Waals surface area contributed by atoms with Crippen LogP contribution in [0.4, 0.5) is 0 Å². The van der Waals surface area contributed by atoms with Crippen molar-refractivity contribution in [1.82, 2.24) is 15.1 Å². The van der Waals surface area contributed by atoms with Gasteiger partial charge in [0.1, 0.15) is 5.75 Å². The maximum atomic E-state index is 12.2. The topological polar surface area (TPSA) is 68.5 Å². The lowest BCUT2D eigenvalue weighted by Crippen LogP contribution is -2.33. The predicted molar refractivity (Wildman–Crippen MR) is 97.6 cm³/mol. The molecule has 7 heteroatoms. The molecular weight excluding hydrogens is 338 g/mol. The summed E-state index contributed by atoms with van der Waals surface area (Å²) >= 11 is 1.23. The van der Waals surface area contributed by atoms with Crippen molar-refractivity contribution < 1.29 is 13.9 Å². The van der Waals surface area contributed by atoms with Crippen molar-refractivity contribution in [2.45, 2.75) is 32.6 Å². The summed E-state index contributed by atoms with van der Waals surface area (Å²) in [5, 5.41) is 8.25. The Morgan fingerprint density at radius 1 is 1.40 bits per heavy atom. The minimum absolute atomic E-state index is 0.0197. The van der Waals surface area contributed by atoms with Crippen LogP contribution in [0.1, 0.15) is 25.3 Å². The van der Waals surface area contributed by atoms with Crippen molar-refractivity contribution in [2.75, 3.05) is 18.8 Å². The molecule has 134 valence electrons. The molecule has 1 amide bonds. The molecule has 0 bridgehead atoms. The lowest BCUT2D eigenvalue weighted by Gasteiger charge is -2.20. The number of hydrogen-bond donors (Lipinski definition) is 0.